The largest absolute Gasteiger partial charge is 0.457 e. The van der Waals surface area contributed by atoms with Gasteiger partial charge in [0.15, 0.2) is 0 Å². The van der Waals surface area contributed by atoms with Crippen molar-refractivity contribution in [1.29, 1.82) is 0 Å². The summed E-state index contributed by atoms with van der Waals surface area (Å²) < 4.78 is 7.53. The van der Waals surface area contributed by atoms with E-state index in [2.05, 4.69) is 39.7 Å². The summed E-state index contributed by atoms with van der Waals surface area (Å²) in [4.78, 5) is 30.6. The molecular formula is C23H30N6O3. The summed E-state index contributed by atoms with van der Waals surface area (Å²) in [6.07, 6.45) is 3.32. The Bertz CT molecular complexity index is 1060. The number of likely N-dealkylation sites (N-methyl/N-ethyl adjacent to an activating group) is 1. The van der Waals surface area contributed by atoms with Crippen LogP contribution in [0.4, 0.5) is 15.4 Å². The van der Waals surface area contributed by atoms with E-state index in [1.807, 2.05) is 25.1 Å². The van der Waals surface area contributed by atoms with Gasteiger partial charge in [-0.15, -0.1) is 0 Å². The molecule has 0 aliphatic heterocycles. The summed E-state index contributed by atoms with van der Waals surface area (Å²) in [6, 6.07) is 10.3. The van der Waals surface area contributed by atoms with Gasteiger partial charge in [0.25, 0.3) is 0 Å². The molecule has 0 aliphatic rings. The number of aromatic nitrogens is 2. The van der Waals surface area contributed by atoms with Gasteiger partial charge in [0, 0.05) is 43.5 Å². The number of nitrogens with one attached hydrogen (secondary N) is 3. The molecule has 0 unspecified atom stereocenters. The average Bonchev–Trinajstić information content (AvgIpc) is 3.20. The summed E-state index contributed by atoms with van der Waals surface area (Å²) >= 11 is 0. The van der Waals surface area contributed by atoms with Crippen molar-refractivity contribution in [3.63, 3.8) is 0 Å². The lowest BCUT2D eigenvalue weighted by Crippen LogP contribution is -2.36. The van der Waals surface area contributed by atoms with Crippen LogP contribution in [-0.2, 0) is 0 Å². The second-order valence-electron chi connectivity index (χ2n) is 7.13. The third-order valence-electron chi connectivity index (χ3n) is 5.03. The van der Waals surface area contributed by atoms with E-state index in [4.69, 9.17) is 4.74 Å². The van der Waals surface area contributed by atoms with E-state index in [0.29, 0.717) is 30.4 Å². The summed E-state index contributed by atoms with van der Waals surface area (Å²) in [5.74, 6) is 1.55. The maximum atomic E-state index is 12.6. The minimum Gasteiger partial charge on any atom is -0.457 e. The van der Waals surface area contributed by atoms with Crippen LogP contribution >= 0.6 is 0 Å². The van der Waals surface area contributed by atoms with Crippen LogP contribution in [0, 0.1) is 0 Å². The van der Waals surface area contributed by atoms with E-state index in [9.17, 15) is 9.59 Å². The van der Waals surface area contributed by atoms with Gasteiger partial charge in [-0.05, 0) is 50.3 Å². The highest BCUT2D eigenvalue weighted by atomic mass is 16.5. The van der Waals surface area contributed by atoms with Gasteiger partial charge in [0.1, 0.15) is 17.3 Å². The number of carbonyl (C=O) groups is 2. The molecule has 9 nitrogen and oxygen atoms in total. The van der Waals surface area contributed by atoms with Crippen molar-refractivity contribution in [2.45, 2.75) is 20.8 Å². The maximum absolute atomic E-state index is 12.6. The van der Waals surface area contributed by atoms with Crippen LogP contribution in [0.25, 0.3) is 10.9 Å². The molecule has 0 saturated carbocycles. The standard InChI is InChI=1S/C23H30N6O3/c1-4-24-22(30)27-21-16-19(9-11-25-21)32-18-7-8-20-17(15-18)10-13-29(20)23(31)26-12-14-28(5-2)6-3/h7-11,13,15-16H,4-6,12,14H2,1-3H3,(H,26,31)(H2,24,25,27,30). The molecule has 0 saturated heterocycles. The number of carbonyl (C=O) groups excluding carboxylic acids is 2. The van der Waals surface area contributed by atoms with Crippen molar-refractivity contribution in [2.75, 3.05) is 38.0 Å². The van der Waals surface area contributed by atoms with Gasteiger partial charge >= 0.3 is 12.1 Å². The molecule has 1 aromatic carbocycles. The quantitative estimate of drug-likeness (QED) is 0.471. The Hall–Kier alpha value is -3.59. The van der Waals surface area contributed by atoms with Gasteiger partial charge in [0.05, 0.1) is 5.52 Å². The number of rotatable bonds is 9. The zero-order valence-corrected chi connectivity index (χ0v) is 18.7. The van der Waals surface area contributed by atoms with Crippen LogP contribution in [0.2, 0.25) is 0 Å². The topological polar surface area (TPSA) is 101 Å². The third-order valence-corrected chi connectivity index (χ3v) is 5.03. The number of nitrogens with zero attached hydrogens (tertiary/aromatic N) is 3. The lowest BCUT2D eigenvalue weighted by atomic mass is 10.2. The molecule has 2 aromatic heterocycles. The fourth-order valence-corrected chi connectivity index (χ4v) is 3.31. The zero-order valence-electron chi connectivity index (χ0n) is 18.7. The number of pyridine rings is 1. The maximum Gasteiger partial charge on any atom is 0.326 e. The lowest BCUT2D eigenvalue weighted by molar-refractivity contribution is 0.239. The van der Waals surface area contributed by atoms with Gasteiger partial charge < -0.3 is 20.3 Å². The first-order valence-corrected chi connectivity index (χ1v) is 10.8. The highest BCUT2D eigenvalue weighted by Crippen LogP contribution is 2.27. The van der Waals surface area contributed by atoms with E-state index in [1.165, 1.54) is 0 Å². The lowest BCUT2D eigenvalue weighted by Gasteiger charge is -2.18. The number of hydrogen-bond acceptors (Lipinski definition) is 5. The first-order valence-electron chi connectivity index (χ1n) is 10.8. The molecule has 0 spiro atoms. The smallest absolute Gasteiger partial charge is 0.326 e. The number of hydrogen-bond donors (Lipinski definition) is 3. The normalized spacial score (nSPS) is 10.9. The number of ether oxygens (including phenoxy) is 1. The second-order valence-corrected chi connectivity index (χ2v) is 7.13. The number of urea groups is 1. The number of benzene rings is 1. The van der Waals surface area contributed by atoms with Crippen LogP contribution in [0.3, 0.4) is 0 Å². The molecule has 170 valence electrons. The molecule has 0 aliphatic carbocycles. The number of anilines is 1. The van der Waals surface area contributed by atoms with E-state index in [1.54, 1.807) is 35.2 Å². The van der Waals surface area contributed by atoms with Crippen LogP contribution in [0.5, 0.6) is 11.5 Å². The van der Waals surface area contributed by atoms with E-state index >= 15 is 0 Å². The Morgan fingerprint density at radius 2 is 1.81 bits per heavy atom. The highest BCUT2D eigenvalue weighted by Gasteiger charge is 2.11. The molecule has 3 N–H and O–H groups in total. The van der Waals surface area contributed by atoms with Crippen molar-refractivity contribution in [1.82, 2.24) is 25.1 Å². The highest BCUT2D eigenvalue weighted by molar-refractivity contribution is 5.92. The summed E-state index contributed by atoms with van der Waals surface area (Å²) in [5.41, 5.74) is 0.797. The first kappa shape index (κ1) is 23.1. The second kappa shape index (κ2) is 11.1. The number of fused-ring (bicyclic) bond motifs is 1. The van der Waals surface area contributed by atoms with Crippen molar-refractivity contribution in [3.05, 3.63) is 48.8 Å². The molecule has 9 heteroatoms. The van der Waals surface area contributed by atoms with Crippen LogP contribution in [0.1, 0.15) is 20.8 Å². The van der Waals surface area contributed by atoms with Gasteiger partial charge in [-0.25, -0.2) is 14.6 Å². The van der Waals surface area contributed by atoms with Gasteiger partial charge in [-0.1, -0.05) is 13.8 Å². The Kier molecular flexibility index (Phi) is 8.04. The minimum absolute atomic E-state index is 0.156. The Morgan fingerprint density at radius 3 is 2.56 bits per heavy atom. The molecular weight excluding hydrogens is 408 g/mol. The van der Waals surface area contributed by atoms with Crippen LogP contribution < -0.4 is 20.7 Å². The SMILES string of the molecule is CCNC(=O)Nc1cc(Oc2ccc3c(ccn3C(=O)NCCN(CC)CC)c2)ccn1. The predicted molar refractivity (Wildman–Crippen MR) is 126 cm³/mol. The fourth-order valence-electron chi connectivity index (χ4n) is 3.31. The van der Waals surface area contributed by atoms with E-state index in [0.717, 1.165) is 30.5 Å². The fraction of sp³-hybridized carbons (Fsp3) is 0.348. The van der Waals surface area contributed by atoms with Crippen LogP contribution in [-0.4, -0.2) is 59.2 Å². The van der Waals surface area contributed by atoms with Crippen molar-refractivity contribution in [2.24, 2.45) is 0 Å². The van der Waals surface area contributed by atoms with Gasteiger partial charge in [-0.2, -0.15) is 0 Å². The molecule has 3 amide bonds. The number of amides is 3. The average molecular weight is 439 g/mol. The molecule has 3 aromatic rings. The molecule has 2 heterocycles. The van der Waals surface area contributed by atoms with Crippen LogP contribution in [0.15, 0.2) is 48.8 Å². The summed E-state index contributed by atoms with van der Waals surface area (Å²) in [5, 5.41) is 9.16. The Labute approximate surface area is 187 Å². The summed E-state index contributed by atoms with van der Waals surface area (Å²) in [7, 11) is 0. The van der Waals surface area contributed by atoms with Crippen molar-refractivity contribution < 1.29 is 14.3 Å². The van der Waals surface area contributed by atoms with E-state index < -0.39 is 0 Å². The van der Waals surface area contributed by atoms with Gasteiger partial charge in [-0.3, -0.25) is 9.88 Å². The molecule has 0 bridgehead atoms. The van der Waals surface area contributed by atoms with Crippen molar-refractivity contribution >= 4 is 28.8 Å². The Balaban J connectivity index is 1.66. The van der Waals surface area contributed by atoms with Gasteiger partial charge in [0.2, 0.25) is 0 Å². The minimum atomic E-state index is -0.324. The monoisotopic (exact) mass is 438 g/mol. The molecule has 0 radical (unpaired) electrons. The summed E-state index contributed by atoms with van der Waals surface area (Å²) in [6.45, 7) is 9.91. The molecule has 0 fully saturated rings. The Morgan fingerprint density at radius 1 is 1.03 bits per heavy atom. The molecule has 0 atom stereocenters. The zero-order chi connectivity index (χ0) is 22.9. The predicted octanol–water partition coefficient (Wildman–Crippen LogP) is 3.87. The first-order chi connectivity index (χ1) is 15.5. The molecule has 3 rings (SSSR count). The van der Waals surface area contributed by atoms with Crippen molar-refractivity contribution in [3.8, 4) is 11.5 Å². The molecule has 32 heavy (non-hydrogen) atoms. The van der Waals surface area contributed by atoms with E-state index in [-0.39, 0.29) is 12.1 Å². The third kappa shape index (κ3) is 5.98.